The van der Waals surface area contributed by atoms with Gasteiger partial charge in [0.05, 0.1) is 39.4 Å². The first-order valence-electron chi connectivity index (χ1n) is 15.2. The minimum Gasteiger partial charge on any atom is -0.494 e. The Balaban J connectivity index is 1.44. The van der Waals surface area contributed by atoms with Gasteiger partial charge in [0.2, 0.25) is 0 Å². The maximum Gasteiger partial charge on any atom is 0.319 e. The maximum absolute atomic E-state index is 17.1. The first-order chi connectivity index (χ1) is 23.1. The van der Waals surface area contributed by atoms with Crippen LogP contribution in [0, 0.1) is 23.0 Å². The predicted molar refractivity (Wildman–Crippen MR) is 180 cm³/mol. The Morgan fingerprint density at radius 3 is 2.81 bits per heavy atom. The zero-order valence-corrected chi connectivity index (χ0v) is 27.5. The molecule has 2 aliphatic heterocycles. The number of anilines is 3. The smallest absolute Gasteiger partial charge is 0.319 e. The van der Waals surface area contributed by atoms with Gasteiger partial charge in [0.25, 0.3) is 0 Å². The van der Waals surface area contributed by atoms with Gasteiger partial charge in [0.1, 0.15) is 46.8 Å². The van der Waals surface area contributed by atoms with Crippen molar-refractivity contribution in [3.05, 3.63) is 58.2 Å². The summed E-state index contributed by atoms with van der Waals surface area (Å²) >= 11 is 7.81. The van der Waals surface area contributed by atoms with Gasteiger partial charge in [-0.2, -0.15) is 15.2 Å². The van der Waals surface area contributed by atoms with Crippen molar-refractivity contribution in [2.75, 3.05) is 43.6 Å². The Hall–Kier alpha value is -4.58. The van der Waals surface area contributed by atoms with Gasteiger partial charge >= 0.3 is 6.01 Å². The molecule has 248 valence electrons. The fourth-order valence-corrected chi connectivity index (χ4v) is 8.39. The highest BCUT2D eigenvalue weighted by Gasteiger charge is 2.49. The summed E-state index contributed by atoms with van der Waals surface area (Å²) in [5.41, 5.74) is 12.1. The molecule has 2 aliphatic rings. The number of rotatable bonds is 8. The summed E-state index contributed by atoms with van der Waals surface area (Å²) in [6.07, 6.45) is 2.56. The Morgan fingerprint density at radius 1 is 1.25 bits per heavy atom. The molecule has 0 spiro atoms. The van der Waals surface area contributed by atoms with E-state index >= 15 is 4.39 Å². The molecule has 2 aromatic carbocycles. The minimum atomic E-state index is -0.974. The summed E-state index contributed by atoms with van der Waals surface area (Å²) in [7, 11) is 1.36. The van der Waals surface area contributed by atoms with Crippen LogP contribution in [0.25, 0.3) is 32.1 Å². The molecule has 2 saturated heterocycles. The second kappa shape index (κ2) is 12.1. The molecule has 5 N–H and O–H groups in total. The Bertz CT molecular complexity index is 2140. The highest BCUT2D eigenvalue weighted by atomic mass is 35.5. The number of nitrogens with one attached hydrogen (secondary N) is 1. The molecule has 48 heavy (non-hydrogen) atoms. The lowest BCUT2D eigenvalue weighted by Crippen LogP contribution is -2.43. The second-order valence-electron chi connectivity index (χ2n) is 12.1. The molecule has 7 rings (SSSR count). The van der Waals surface area contributed by atoms with E-state index in [0.29, 0.717) is 18.5 Å². The molecule has 0 saturated carbocycles. The second-order valence-corrected chi connectivity index (χ2v) is 13.5. The summed E-state index contributed by atoms with van der Waals surface area (Å²) in [6, 6.07) is 7.40. The summed E-state index contributed by atoms with van der Waals surface area (Å²) in [5.74, 6) is -1.05. The number of aromatic nitrogens is 3. The fourth-order valence-electron chi connectivity index (χ4n) is 7.08. The normalized spacial score (nSPS) is 19.8. The lowest BCUT2D eigenvalue weighted by Gasteiger charge is -2.31. The van der Waals surface area contributed by atoms with Crippen molar-refractivity contribution >= 4 is 60.6 Å². The Morgan fingerprint density at radius 2 is 2.06 bits per heavy atom. The van der Waals surface area contributed by atoms with Gasteiger partial charge in [0, 0.05) is 35.7 Å². The molecule has 3 atom stereocenters. The molecular weight excluding hydrogens is 665 g/mol. The molecule has 1 unspecified atom stereocenters. The number of nitrogen functional groups attached to an aromatic ring is 2. The molecule has 0 amide bonds. The summed E-state index contributed by atoms with van der Waals surface area (Å²) in [4.78, 5) is 15.4. The number of ether oxygens (including phenoxy) is 2. The number of thiophene rings is 1. The first-order valence-corrected chi connectivity index (χ1v) is 16.4. The van der Waals surface area contributed by atoms with Gasteiger partial charge in [-0.05, 0) is 44.0 Å². The van der Waals surface area contributed by atoms with Gasteiger partial charge in [-0.25, -0.2) is 18.2 Å². The average Bonchev–Trinajstić information content (AvgIpc) is 3.71. The van der Waals surface area contributed by atoms with Crippen LogP contribution in [0.3, 0.4) is 0 Å². The zero-order valence-electron chi connectivity index (χ0n) is 25.9. The fraction of sp³-hybridized carbons (Fsp3) is 0.333. The number of nitrogens with two attached hydrogens (primary N) is 2. The third kappa shape index (κ3) is 5.08. The van der Waals surface area contributed by atoms with Crippen molar-refractivity contribution in [1.82, 2.24) is 19.9 Å². The van der Waals surface area contributed by atoms with Crippen LogP contribution in [0.15, 0.2) is 30.5 Å². The van der Waals surface area contributed by atoms with Crippen molar-refractivity contribution in [3.63, 3.8) is 0 Å². The molecule has 0 aliphatic carbocycles. The lowest BCUT2D eigenvalue weighted by molar-refractivity contribution is 0.107. The van der Waals surface area contributed by atoms with E-state index < -0.39 is 29.4 Å². The molecule has 0 bridgehead atoms. The highest BCUT2D eigenvalue weighted by molar-refractivity contribution is 7.23. The summed E-state index contributed by atoms with van der Waals surface area (Å²) in [6.45, 7) is 3.02. The SMILES string of the molecule is COc1c(Cl)c(-c2ccc(F)c3sc(N)c(C#N)c23)c(F)c2nc(OCC34CCCN3C[C@H](F)C4)nc(N[C@H](C)c3cccnc3N)c12. The maximum atomic E-state index is 17.1. The number of hydrogen-bond acceptors (Lipinski definition) is 11. The van der Waals surface area contributed by atoms with Gasteiger partial charge < -0.3 is 26.3 Å². The van der Waals surface area contributed by atoms with Crippen LogP contribution in [0.2, 0.25) is 5.02 Å². The van der Waals surface area contributed by atoms with Crippen molar-refractivity contribution in [1.29, 1.82) is 5.26 Å². The third-order valence-electron chi connectivity index (χ3n) is 9.29. The highest BCUT2D eigenvalue weighted by Crippen LogP contribution is 2.50. The summed E-state index contributed by atoms with van der Waals surface area (Å²) in [5, 5.41) is 13.3. The number of benzene rings is 2. The third-order valence-corrected chi connectivity index (χ3v) is 10.7. The Labute approximate surface area is 282 Å². The topological polar surface area (TPSA) is 148 Å². The van der Waals surface area contributed by atoms with Crippen LogP contribution >= 0.6 is 22.9 Å². The van der Waals surface area contributed by atoms with E-state index in [0.717, 1.165) is 36.8 Å². The standard InChI is InChI=1S/C33H30ClF3N8O2S/c1-15(17-5-3-9-41-29(17)39)42-31-23-26(43-32(44-31)47-14-33-8-4-10-45(33)13-16(35)11-33)25(37)22(24(34)27(23)46-2)18-6-7-20(36)28-21(18)19(12-38)30(40)48-28/h3,5-7,9,15-16H,4,8,10-11,13-14,40H2,1-2H3,(H2,39,41)(H,42,43,44)/t15-,16-,33?/m1/s1. The molecule has 3 aromatic heterocycles. The van der Waals surface area contributed by atoms with Crippen LogP contribution in [0.1, 0.15) is 43.4 Å². The average molecular weight is 695 g/mol. The molecular formula is C33H30ClF3N8O2S. The van der Waals surface area contributed by atoms with Crippen LogP contribution in [0.5, 0.6) is 11.8 Å². The summed E-state index contributed by atoms with van der Waals surface area (Å²) < 4.78 is 58.6. The number of methoxy groups -OCH3 is 1. The molecule has 5 heterocycles. The molecule has 10 nitrogen and oxygen atoms in total. The first kappa shape index (κ1) is 32.0. The number of halogens is 4. The number of nitriles is 1. The zero-order chi connectivity index (χ0) is 33.9. The molecule has 5 aromatic rings. The van der Waals surface area contributed by atoms with Gasteiger partial charge in [-0.3, -0.25) is 4.90 Å². The lowest BCUT2D eigenvalue weighted by atomic mass is 9.95. The largest absolute Gasteiger partial charge is 0.494 e. The monoisotopic (exact) mass is 694 g/mol. The number of nitrogens with zero attached hydrogens (tertiary/aromatic N) is 5. The number of fused-ring (bicyclic) bond motifs is 3. The van der Waals surface area contributed by atoms with Crippen molar-refractivity contribution < 1.29 is 22.6 Å². The predicted octanol–water partition coefficient (Wildman–Crippen LogP) is 7.01. The van der Waals surface area contributed by atoms with Crippen molar-refractivity contribution in [2.45, 2.75) is 43.9 Å². The van der Waals surface area contributed by atoms with E-state index in [-0.39, 0.29) is 77.7 Å². The van der Waals surface area contributed by atoms with Crippen LogP contribution in [-0.4, -0.2) is 58.4 Å². The molecule has 15 heteroatoms. The van der Waals surface area contributed by atoms with Gasteiger partial charge in [-0.1, -0.05) is 23.7 Å². The van der Waals surface area contributed by atoms with Gasteiger partial charge in [0.15, 0.2) is 11.6 Å². The molecule has 2 fully saturated rings. The number of alkyl halides is 1. The van der Waals surface area contributed by atoms with E-state index in [4.69, 9.17) is 32.5 Å². The number of hydrogen-bond donors (Lipinski definition) is 3. The van der Waals surface area contributed by atoms with Crippen molar-refractivity contribution in [3.8, 4) is 29.0 Å². The molecule has 0 radical (unpaired) electrons. The quantitative estimate of drug-likeness (QED) is 0.155. The van der Waals surface area contributed by atoms with Crippen LogP contribution in [0.4, 0.5) is 29.8 Å². The van der Waals surface area contributed by atoms with Gasteiger partial charge in [-0.15, -0.1) is 11.3 Å². The van der Waals surface area contributed by atoms with E-state index in [1.54, 1.807) is 18.3 Å². The van der Waals surface area contributed by atoms with Crippen molar-refractivity contribution in [2.24, 2.45) is 0 Å². The van der Waals surface area contributed by atoms with Crippen LogP contribution < -0.4 is 26.3 Å². The minimum absolute atomic E-state index is 0.000847. The Kier molecular flexibility index (Phi) is 8.09. The van der Waals surface area contributed by atoms with Crippen LogP contribution in [-0.2, 0) is 0 Å². The van der Waals surface area contributed by atoms with E-state index in [1.165, 1.54) is 13.2 Å². The number of pyridine rings is 1. The van der Waals surface area contributed by atoms with E-state index in [1.807, 2.05) is 13.0 Å². The van der Waals surface area contributed by atoms with E-state index in [9.17, 15) is 14.0 Å². The van der Waals surface area contributed by atoms with E-state index in [2.05, 4.69) is 25.2 Å².